The molecular weight excluding hydrogens is 242 g/mol. The summed E-state index contributed by atoms with van der Waals surface area (Å²) in [5, 5.41) is 22.1. The predicted molar refractivity (Wildman–Crippen MR) is 73.4 cm³/mol. The largest absolute Gasteiger partial charge is 0.393 e. The van der Waals surface area contributed by atoms with Gasteiger partial charge in [0.2, 0.25) is 0 Å². The van der Waals surface area contributed by atoms with E-state index in [2.05, 4.69) is 10.00 Å². The molecule has 19 heavy (non-hydrogen) atoms. The van der Waals surface area contributed by atoms with Crippen LogP contribution in [-0.2, 0) is 7.05 Å². The Balaban J connectivity index is 1.94. The van der Waals surface area contributed by atoms with Gasteiger partial charge in [-0.1, -0.05) is 0 Å². The summed E-state index contributed by atoms with van der Waals surface area (Å²) in [5.41, 5.74) is 7.22. The van der Waals surface area contributed by atoms with E-state index in [9.17, 15) is 5.11 Å². The van der Waals surface area contributed by atoms with E-state index in [0.717, 1.165) is 43.0 Å². The monoisotopic (exact) mass is 263 g/mol. The molecule has 0 spiro atoms. The second-order valence-electron chi connectivity index (χ2n) is 5.79. The smallest absolute Gasteiger partial charge is 0.137 e. The van der Waals surface area contributed by atoms with Crippen LogP contribution in [0, 0.1) is 24.2 Å². The van der Waals surface area contributed by atoms with Gasteiger partial charge in [0, 0.05) is 26.1 Å². The van der Waals surface area contributed by atoms with Crippen LogP contribution in [0.2, 0.25) is 0 Å². The molecule has 1 aromatic heterocycles. The molecule has 3 atom stereocenters. The highest BCUT2D eigenvalue weighted by Crippen LogP contribution is 2.40. The van der Waals surface area contributed by atoms with E-state index < -0.39 is 0 Å². The average molecular weight is 263 g/mol. The molecule has 1 saturated carbocycles. The minimum absolute atomic E-state index is 0.0678. The lowest BCUT2D eigenvalue weighted by Gasteiger charge is -2.21. The number of hydrogen-bond donors (Lipinski definition) is 3. The van der Waals surface area contributed by atoms with Crippen LogP contribution in [0.4, 0.5) is 5.82 Å². The number of hydrogen-bond acceptors (Lipinski definition) is 4. The Hall–Kier alpha value is -1.56. The Bertz CT molecular complexity index is 523. The quantitative estimate of drug-likeness (QED) is 0.526. The molecule has 3 rings (SSSR count). The van der Waals surface area contributed by atoms with E-state index in [1.807, 2.05) is 14.0 Å². The van der Waals surface area contributed by atoms with Crippen LogP contribution in [-0.4, -0.2) is 39.9 Å². The van der Waals surface area contributed by atoms with Gasteiger partial charge in [-0.25, -0.2) is 0 Å². The van der Waals surface area contributed by atoms with Gasteiger partial charge >= 0.3 is 0 Å². The van der Waals surface area contributed by atoms with Gasteiger partial charge in [0.25, 0.3) is 0 Å². The van der Waals surface area contributed by atoms with Crippen molar-refractivity contribution in [3.63, 3.8) is 0 Å². The summed E-state index contributed by atoms with van der Waals surface area (Å²) in [4.78, 5) is 2.23. The third-order valence-electron chi connectivity index (χ3n) is 4.58. The number of rotatable bonds is 2. The first-order chi connectivity index (χ1) is 8.99. The molecule has 1 aromatic rings. The highest BCUT2D eigenvalue weighted by atomic mass is 16.3. The van der Waals surface area contributed by atoms with E-state index in [-0.39, 0.29) is 11.9 Å². The number of anilines is 1. The predicted octanol–water partition coefficient (Wildman–Crippen LogP) is 0.220. The molecule has 2 heterocycles. The Morgan fingerprint density at radius 3 is 2.79 bits per heavy atom. The number of aliphatic hydroxyl groups excluding tert-OH is 1. The summed E-state index contributed by atoms with van der Waals surface area (Å²) >= 11 is 0. The lowest BCUT2D eigenvalue weighted by Crippen LogP contribution is -2.28. The summed E-state index contributed by atoms with van der Waals surface area (Å²) in [5.74, 6) is 1.91. The van der Waals surface area contributed by atoms with Crippen LogP contribution in [0.3, 0.4) is 0 Å². The fourth-order valence-corrected chi connectivity index (χ4v) is 3.73. The maximum Gasteiger partial charge on any atom is 0.137 e. The van der Waals surface area contributed by atoms with Gasteiger partial charge in [0.1, 0.15) is 11.7 Å². The molecule has 0 bridgehead atoms. The van der Waals surface area contributed by atoms with Crippen molar-refractivity contribution in [2.45, 2.75) is 25.9 Å². The summed E-state index contributed by atoms with van der Waals surface area (Å²) < 4.78 is 1.81. The number of aryl methyl sites for hydroxylation is 2. The molecule has 2 aliphatic rings. The van der Waals surface area contributed by atoms with Gasteiger partial charge in [0.05, 0.1) is 17.4 Å². The molecule has 6 nitrogen and oxygen atoms in total. The van der Waals surface area contributed by atoms with Gasteiger partial charge in [-0.2, -0.15) is 5.10 Å². The third-order valence-corrected chi connectivity index (χ3v) is 4.58. The molecule has 0 aromatic carbocycles. The third kappa shape index (κ3) is 1.82. The minimum Gasteiger partial charge on any atom is -0.393 e. The number of aromatic nitrogens is 2. The molecule has 104 valence electrons. The average Bonchev–Trinajstić information content (AvgIpc) is 2.94. The second-order valence-corrected chi connectivity index (χ2v) is 5.79. The number of aliphatic hydroxyl groups is 1. The number of nitrogen functional groups attached to an aromatic ring is 1. The lowest BCUT2D eigenvalue weighted by molar-refractivity contribution is 0.133. The van der Waals surface area contributed by atoms with Gasteiger partial charge < -0.3 is 15.7 Å². The van der Waals surface area contributed by atoms with Crippen molar-refractivity contribution in [3.8, 4) is 0 Å². The van der Waals surface area contributed by atoms with E-state index in [1.54, 1.807) is 4.68 Å². The summed E-state index contributed by atoms with van der Waals surface area (Å²) in [6.07, 6.45) is 1.84. The van der Waals surface area contributed by atoms with Crippen molar-refractivity contribution in [1.29, 1.82) is 5.41 Å². The molecule has 1 saturated heterocycles. The molecule has 4 N–H and O–H groups in total. The highest BCUT2D eigenvalue weighted by molar-refractivity contribution is 6.01. The van der Waals surface area contributed by atoms with Crippen molar-refractivity contribution >= 4 is 11.7 Å². The van der Waals surface area contributed by atoms with Gasteiger partial charge in [-0.3, -0.25) is 10.1 Å². The van der Waals surface area contributed by atoms with Crippen molar-refractivity contribution in [2.24, 2.45) is 24.6 Å². The Morgan fingerprint density at radius 2 is 2.16 bits per heavy atom. The molecule has 3 unspecified atom stereocenters. The Morgan fingerprint density at radius 1 is 1.42 bits per heavy atom. The van der Waals surface area contributed by atoms with Gasteiger partial charge in [0.15, 0.2) is 0 Å². The normalized spacial score (nSPS) is 29.8. The fourth-order valence-electron chi connectivity index (χ4n) is 3.73. The summed E-state index contributed by atoms with van der Waals surface area (Å²) in [6, 6.07) is 0. The first-order valence-electron chi connectivity index (χ1n) is 6.80. The van der Waals surface area contributed by atoms with Crippen molar-refractivity contribution < 1.29 is 5.11 Å². The number of nitrogens with one attached hydrogen (secondary N) is 1. The van der Waals surface area contributed by atoms with Crippen LogP contribution in [0.25, 0.3) is 0 Å². The highest BCUT2D eigenvalue weighted by Gasteiger charge is 2.43. The summed E-state index contributed by atoms with van der Waals surface area (Å²) in [7, 11) is 1.89. The SMILES string of the molecule is Cc1nn(C)c(N2CC3CCC(O)C3C2)c1C(=N)N. The van der Waals surface area contributed by atoms with E-state index in [1.165, 1.54) is 0 Å². The van der Waals surface area contributed by atoms with E-state index in [0.29, 0.717) is 11.8 Å². The topological polar surface area (TPSA) is 91.2 Å². The first-order valence-corrected chi connectivity index (χ1v) is 6.80. The molecule has 6 heteroatoms. The maximum absolute atomic E-state index is 10.0. The van der Waals surface area contributed by atoms with E-state index in [4.69, 9.17) is 11.1 Å². The fraction of sp³-hybridized carbons (Fsp3) is 0.692. The molecule has 1 aliphatic heterocycles. The maximum atomic E-state index is 10.0. The molecule has 0 radical (unpaired) electrons. The minimum atomic E-state index is -0.176. The number of nitrogens with zero attached hydrogens (tertiary/aromatic N) is 3. The van der Waals surface area contributed by atoms with Crippen LogP contribution in [0.1, 0.15) is 24.1 Å². The number of fused-ring (bicyclic) bond motifs is 1. The summed E-state index contributed by atoms with van der Waals surface area (Å²) in [6.45, 7) is 3.65. The number of amidine groups is 1. The molecule has 2 fully saturated rings. The van der Waals surface area contributed by atoms with Crippen LogP contribution < -0.4 is 10.6 Å². The molecule has 0 amide bonds. The van der Waals surface area contributed by atoms with Crippen molar-refractivity contribution in [2.75, 3.05) is 18.0 Å². The van der Waals surface area contributed by atoms with Crippen LogP contribution in [0.15, 0.2) is 0 Å². The Kier molecular flexibility index (Phi) is 2.78. The second kappa shape index (κ2) is 4.23. The van der Waals surface area contributed by atoms with Crippen LogP contribution in [0.5, 0.6) is 0 Å². The lowest BCUT2D eigenvalue weighted by atomic mass is 10.00. The van der Waals surface area contributed by atoms with Gasteiger partial charge in [-0.05, 0) is 25.7 Å². The van der Waals surface area contributed by atoms with Crippen LogP contribution >= 0.6 is 0 Å². The molecule has 1 aliphatic carbocycles. The van der Waals surface area contributed by atoms with Crippen molar-refractivity contribution in [1.82, 2.24) is 9.78 Å². The van der Waals surface area contributed by atoms with Gasteiger partial charge in [-0.15, -0.1) is 0 Å². The Labute approximate surface area is 112 Å². The van der Waals surface area contributed by atoms with Crippen molar-refractivity contribution in [3.05, 3.63) is 11.3 Å². The molecular formula is C13H21N5O. The zero-order chi connectivity index (χ0) is 13.7. The van der Waals surface area contributed by atoms with E-state index >= 15 is 0 Å². The zero-order valence-electron chi connectivity index (χ0n) is 11.4. The first kappa shape index (κ1) is 12.5. The standard InChI is InChI=1S/C13H21N5O/c1-7-11(12(14)15)13(17(2)16-7)18-5-8-3-4-10(19)9(8)6-18/h8-10,19H,3-6H2,1-2H3,(H3,14,15). The number of nitrogens with two attached hydrogens (primary N) is 1. The zero-order valence-corrected chi connectivity index (χ0v) is 11.4.